The Balaban J connectivity index is 1.90. The van der Waals surface area contributed by atoms with Gasteiger partial charge in [0.25, 0.3) is 0 Å². The molecule has 19 heavy (non-hydrogen) atoms. The van der Waals surface area contributed by atoms with Gasteiger partial charge in [0.05, 0.1) is 0 Å². The van der Waals surface area contributed by atoms with Crippen LogP contribution in [0.2, 0.25) is 0 Å². The van der Waals surface area contributed by atoms with Crippen molar-refractivity contribution in [1.82, 2.24) is 5.32 Å². The van der Waals surface area contributed by atoms with E-state index in [2.05, 4.69) is 47.8 Å². The van der Waals surface area contributed by atoms with Gasteiger partial charge in [-0.2, -0.15) is 0 Å². The number of methoxy groups -OCH3 is 1. The molecule has 0 unspecified atom stereocenters. The van der Waals surface area contributed by atoms with Gasteiger partial charge in [0.2, 0.25) is 5.91 Å². The van der Waals surface area contributed by atoms with Crippen molar-refractivity contribution in [3.8, 4) is 0 Å². The average molecular weight is 257 g/mol. The average Bonchev–Trinajstić information content (AvgIpc) is 2.44. The molecular weight excluding hydrogens is 238 g/mol. The van der Waals surface area contributed by atoms with Crippen LogP contribution in [0.5, 0.6) is 0 Å². The van der Waals surface area contributed by atoms with E-state index in [9.17, 15) is 4.79 Å². The molecule has 1 N–H and O–H groups in total. The Morgan fingerprint density at radius 2 is 1.95 bits per heavy atom. The second kappa shape index (κ2) is 6.90. The number of aryl methyl sites for hydroxylation is 1. The summed E-state index contributed by atoms with van der Waals surface area (Å²) in [5, 5.41) is 5.40. The van der Waals surface area contributed by atoms with Crippen LogP contribution in [0.4, 0.5) is 0 Å². The molecule has 0 atom stereocenters. The maximum atomic E-state index is 11.2. The number of carbonyl (C=O) groups excluding carboxylic acids is 1. The van der Waals surface area contributed by atoms with Crippen LogP contribution >= 0.6 is 0 Å². The van der Waals surface area contributed by atoms with Crippen molar-refractivity contribution in [2.75, 3.05) is 20.3 Å². The second-order valence-electron chi connectivity index (χ2n) is 4.52. The minimum absolute atomic E-state index is 0.0552. The molecule has 2 aromatic rings. The van der Waals surface area contributed by atoms with Crippen LogP contribution in [0.25, 0.3) is 10.8 Å². The van der Waals surface area contributed by atoms with Crippen LogP contribution in [0, 0.1) is 0 Å². The first-order valence-electron chi connectivity index (χ1n) is 6.53. The lowest BCUT2D eigenvalue weighted by atomic mass is 10.0. The highest BCUT2D eigenvalue weighted by Gasteiger charge is 2.01. The highest BCUT2D eigenvalue weighted by Crippen LogP contribution is 2.19. The van der Waals surface area contributed by atoms with Crippen LogP contribution in [0.15, 0.2) is 42.5 Å². The Kier molecular flexibility index (Phi) is 4.93. The normalized spacial score (nSPS) is 10.6. The number of rotatable bonds is 6. The highest BCUT2D eigenvalue weighted by atomic mass is 16.5. The van der Waals surface area contributed by atoms with Gasteiger partial charge in [-0.1, -0.05) is 42.5 Å². The SMILES string of the molecule is COCC(=O)NCCCc1cccc2ccccc12. The van der Waals surface area contributed by atoms with E-state index in [1.165, 1.54) is 23.4 Å². The smallest absolute Gasteiger partial charge is 0.245 e. The van der Waals surface area contributed by atoms with Crippen LogP contribution in [-0.2, 0) is 16.0 Å². The van der Waals surface area contributed by atoms with E-state index in [-0.39, 0.29) is 12.5 Å². The highest BCUT2D eigenvalue weighted by molar-refractivity contribution is 5.85. The molecule has 2 rings (SSSR count). The lowest BCUT2D eigenvalue weighted by molar-refractivity contribution is -0.124. The lowest BCUT2D eigenvalue weighted by Crippen LogP contribution is -2.28. The van der Waals surface area contributed by atoms with Crippen LogP contribution < -0.4 is 5.32 Å². The van der Waals surface area contributed by atoms with Gasteiger partial charge in [0, 0.05) is 13.7 Å². The number of benzene rings is 2. The van der Waals surface area contributed by atoms with Gasteiger partial charge in [-0.05, 0) is 29.2 Å². The van der Waals surface area contributed by atoms with E-state index in [0.717, 1.165) is 12.8 Å². The zero-order valence-electron chi connectivity index (χ0n) is 11.2. The van der Waals surface area contributed by atoms with E-state index >= 15 is 0 Å². The first-order chi connectivity index (χ1) is 9.31. The summed E-state index contributed by atoms with van der Waals surface area (Å²) in [6.45, 7) is 0.819. The van der Waals surface area contributed by atoms with Gasteiger partial charge in [0.1, 0.15) is 6.61 Å². The summed E-state index contributed by atoms with van der Waals surface area (Å²) in [7, 11) is 1.52. The summed E-state index contributed by atoms with van der Waals surface area (Å²) in [5.41, 5.74) is 1.33. The molecule has 0 saturated carbocycles. The number of hydrogen-bond acceptors (Lipinski definition) is 2. The molecule has 0 aromatic heterocycles. The molecular formula is C16H19NO2. The molecule has 2 aromatic carbocycles. The van der Waals surface area contributed by atoms with Crippen LogP contribution in [0.3, 0.4) is 0 Å². The molecule has 0 aliphatic carbocycles. The Bertz CT molecular complexity index is 546. The van der Waals surface area contributed by atoms with E-state index < -0.39 is 0 Å². The van der Waals surface area contributed by atoms with Gasteiger partial charge in [0.15, 0.2) is 0 Å². The van der Waals surface area contributed by atoms with Crippen molar-refractivity contribution in [3.63, 3.8) is 0 Å². The van der Waals surface area contributed by atoms with Gasteiger partial charge in [-0.25, -0.2) is 0 Å². The van der Waals surface area contributed by atoms with Gasteiger partial charge >= 0.3 is 0 Å². The Labute approximate surface area is 113 Å². The number of amides is 1. The van der Waals surface area contributed by atoms with Gasteiger partial charge < -0.3 is 10.1 Å². The number of fused-ring (bicyclic) bond motifs is 1. The molecule has 0 spiro atoms. The molecule has 3 nitrogen and oxygen atoms in total. The third kappa shape index (κ3) is 3.80. The lowest BCUT2D eigenvalue weighted by Gasteiger charge is -2.07. The number of carbonyl (C=O) groups is 1. The molecule has 0 heterocycles. The van der Waals surface area contributed by atoms with Crippen LogP contribution in [0.1, 0.15) is 12.0 Å². The molecule has 0 aliphatic rings. The van der Waals surface area contributed by atoms with E-state index in [1.54, 1.807) is 0 Å². The van der Waals surface area contributed by atoms with E-state index in [0.29, 0.717) is 6.54 Å². The molecule has 0 aliphatic heterocycles. The fourth-order valence-corrected chi connectivity index (χ4v) is 2.20. The maximum Gasteiger partial charge on any atom is 0.245 e. The molecule has 0 bridgehead atoms. The third-order valence-electron chi connectivity index (χ3n) is 3.10. The van der Waals surface area contributed by atoms with Crippen molar-refractivity contribution in [1.29, 1.82) is 0 Å². The summed E-state index contributed by atoms with van der Waals surface area (Å²) >= 11 is 0. The predicted octanol–water partition coefficient (Wildman–Crippen LogP) is 2.54. The zero-order valence-corrected chi connectivity index (χ0v) is 11.2. The Morgan fingerprint density at radius 1 is 1.16 bits per heavy atom. The predicted molar refractivity (Wildman–Crippen MR) is 77.2 cm³/mol. The first kappa shape index (κ1) is 13.6. The summed E-state index contributed by atoms with van der Waals surface area (Å²) in [6.07, 6.45) is 1.90. The van der Waals surface area contributed by atoms with Gasteiger partial charge in [-0.15, -0.1) is 0 Å². The number of hydrogen-bond donors (Lipinski definition) is 1. The minimum Gasteiger partial charge on any atom is -0.375 e. The minimum atomic E-state index is -0.0552. The van der Waals surface area contributed by atoms with Crippen molar-refractivity contribution >= 4 is 16.7 Å². The summed E-state index contributed by atoms with van der Waals surface area (Å²) in [4.78, 5) is 11.2. The molecule has 0 fully saturated rings. The third-order valence-corrected chi connectivity index (χ3v) is 3.10. The van der Waals surface area contributed by atoms with Crippen molar-refractivity contribution in [2.24, 2.45) is 0 Å². The molecule has 0 radical (unpaired) electrons. The summed E-state index contributed by atoms with van der Waals surface area (Å²) in [5.74, 6) is -0.0552. The van der Waals surface area contributed by atoms with Crippen LogP contribution in [-0.4, -0.2) is 26.2 Å². The Morgan fingerprint density at radius 3 is 2.79 bits per heavy atom. The van der Waals surface area contributed by atoms with Gasteiger partial charge in [-0.3, -0.25) is 4.79 Å². The topological polar surface area (TPSA) is 38.3 Å². The van der Waals surface area contributed by atoms with E-state index in [4.69, 9.17) is 4.74 Å². The second-order valence-corrected chi connectivity index (χ2v) is 4.52. The fraction of sp³-hybridized carbons (Fsp3) is 0.312. The number of ether oxygens (including phenoxy) is 1. The molecule has 3 heteroatoms. The largest absolute Gasteiger partial charge is 0.375 e. The summed E-state index contributed by atoms with van der Waals surface area (Å²) in [6, 6.07) is 14.7. The Hall–Kier alpha value is -1.87. The molecule has 0 saturated heterocycles. The van der Waals surface area contributed by atoms with Crippen molar-refractivity contribution in [3.05, 3.63) is 48.0 Å². The quantitative estimate of drug-likeness (QED) is 0.808. The van der Waals surface area contributed by atoms with Crippen molar-refractivity contribution < 1.29 is 9.53 Å². The molecule has 1 amide bonds. The maximum absolute atomic E-state index is 11.2. The standard InChI is InChI=1S/C16H19NO2/c1-19-12-16(18)17-11-5-9-14-8-4-7-13-6-2-3-10-15(13)14/h2-4,6-8,10H,5,9,11-12H2,1H3,(H,17,18). The zero-order chi connectivity index (χ0) is 13.5. The fourth-order valence-electron chi connectivity index (χ4n) is 2.20. The van der Waals surface area contributed by atoms with E-state index in [1.807, 2.05) is 0 Å². The monoisotopic (exact) mass is 257 g/mol. The summed E-state index contributed by atoms with van der Waals surface area (Å²) < 4.78 is 4.76. The number of nitrogens with one attached hydrogen (secondary N) is 1. The molecule has 100 valence electrons. The first-order valence-corrected chi connectivity index (χ1v) is 6.53. The van der Waals surface area contributed by atoms with Crippen molar-refractivity contribution in [2.45, 2.75) is 12.8 Å².